The number of halogens is 3. The van der Waals surface area contributed by atoms with Gasteiger partial charge in [0.25, 0.3) is 0 Å². The van der Waals surface area contributed by atoms with Gasteiger partial charge in [-0.3, -0.25) is 0 Å². The number of aromatic amines is 1. The molecule has 25 heavy (non-hydrogen) atoms. The number of benzene rings is 2. The van der Waals surface area contributed by atoms with Crippen molar-refractivity contribution in [2.75, 3.05) is 0 Å². The molecule has 4 nitrogen and oxygen atoms in total. The van der Waals surface area contributed by atoms with E-state index in [1.807, 2.05) is 6.07 Å². The first-order valence-corrected chi connectivity index (χ1v) is 7.24. The van der Waals surface area contributed by atoms with E-state index in [1.54, 1.807) is 42.5 Å². The predicted octanol–water partition coefficient (Wildman–Crippen LogP) is 4.53. The molecule has 3 rings (SSSR count). The zero-order chi connectivity index (χ0) is 17.9. The molecular formula is C18H11F3N4. The molecule has 0 aliphatic rings. The number of hydrogen-bond acceptors (Lipinski definition) is 3. The van der Waals surface area contributed by atoms with Crippen LogP contribution in [0.25, 0.3) is 23.4 Å². The predicted molar refractivity (Wildman–Crippen MR) is 86.9 cm³/mol. The molecule has 0 atom stereocenters. The van der Waals surface area contributed by atoms with Crippen molar-refractivity contribution in [3.05, 3.63) is 70.9 Å². The highest BCUT2D eigenvalue weighted by molar-refractivity contribution is 5.72. The largest absolute Gasteiger partial charge is 0.416 e. The quantitative estimate of drug-likeness (QED) is 0.712. The molecule has 3 aromatic rings. The fourth-order valence-corrected chi connectivity index (χ4v) is 2.27. The Balaban J connectivity index is 1.80. The molecule has 7 heteroatoms. The molecule has 1 heterocycles. The highest BCUT2D eigenvalue weighted by atomic mass is 19.4. The van der Waals surface area contributed by atoms with E-state index in [0.29, 0.717) is 11.3 Å². The second kappa shape index (κ2) is 6.61. The third-order valence-electron chi connectivity index (χ3n) is 3.53. The summed E-state index contributed by atoms with van der Waals surface area (Å²) in [5.74, 6) is 0. The minimum Gasteiger partial charge on any atom is -0.247 e. The third kappa shape index (κ3) is 3.75. The normalized spacial score (nSPS) is 11.6. The van der Waals surface area contributed by atoms with Crippen LogP contribution in [0.15, 0.2) is 48.5 Å². The number of aromatic nitrogens is 3. The molecule has 0 fully saturated rings. The monoisotopic (exact) mass is 340 g/mol. The number of hydrogen-bond donors (Lipinski definition) is 1. The molecule has 0 bridgehead atoms. The van der Waals surface area contributed by atoms with E-state index in [0.717, 1.165) is 23.3 Å². The maximum atomic E-state index is 12.7. The van der Waals surface area contributed by atoms with Gasteiger partial charge in [0.15, 0.2) is 5.69 Å². The molecule has 0 saturated heterocycles. The lowest BCUT2D eigenvalue weighted by atomic mass is 10.1. The molecule has 0 aliphatic heterocycles. The first-order chi connectivity index (χ1) is 12.0. The van der Waals surface area contributed by atoms with Crippen molar-refractivity contribution in [1.82, 2.24) is 15.4 Å². The first kappa shape index (κ1) is 16.5. The second-order valence-corrected chi connectivity index (χ2v) is 5.23. The molecule has 0 unspecified atom stereocenters. The summed E-state index contributed by atoms with van der Waals surface area (Å²) in [5.41, 5.74) is 2.04. The lowest BCUT2D eigenvalue weighted by molar-refractivity contribution is -0.137. The van der Waals surface area contributed by atoms with Crippen LogP contribution in [0.5, 0.6) is 0 Å². The number of nitrogens with zero attached hydrogens (tertiary/aromatic N) is 3. The van der Waals surface area contributed by atoms with Gasteiger partial charge in [-0.2, -0.15) is 18.4 Å². The molecule has 0 aliphatic carbocycles. The van der Waals surface area contributed by atoms with Crippen LogP contribution in [0, 0.1) is 11.3 Å². The second-order valence-electron chi connectivity index (χ2n) is 5.23. The highest BCUT2D eigenvalue weighted by Crippen LogP contribution is 2.30. The minimum atomic E-state index is -4.36. The van der Waals surface area contributed by atoms with E-state index >= 15 is 0 Å². The summed E-state index contributed by atoms with van der Waals surface area (Å²) < 4.78 is 38.1. The Hall–Kier alpha value is -3.40. The number of nitrogens with one attached hydrogen (secondary N) is 1. The van der Waals surface area contributed by atoms with Gasteiger partial charge >= 0.3 is 6.18 Å². The summed E-state index contributed by atoms with van der Waals surface area (Å²) in [7, 11) is 0. The summed E-state index contributed by atoms with van der Waals surface area (Å²) in [4.78, 5) is 0. The van der Waals surface area contributed by atoms with Crippen molar-refractivity contribution >= 4 is 12.2 Å². The zero-order valence-corrected chi connectivity index (χ0v) is 12.7. The summed E-state index contributed by atoms with van der Waals surface area (Å²) in [5, 5.41) is 18.9. The van der Waals surface area contributed by atoms with E-state index in [9.17, 15) is 13.2 Å². The Morgan fingerprint density at radius 3 is 2.40 bits per heavy atom. The Bertz CT molecular complexity index is 947. The molecular weight excluding hydrogens is 329 g/mol. The van der Waals surface area contributed by atoms with Gasteiger partial charge in [0.1, 0.15) is 11.8 Å². The Morgan fingerprint density at radius 1 is 1.00 bits per heavy atom. The average Bonchev–Trinajstić information content (AvgIpc) is 3.09. The van der Waals surface area contributed by atoms with Crippen LogP contribution in [-0.4, -0.2) is 15.4 Å². The van der Waals surface area contributed by atoms with Gasteiger partial charge in [-0.1, -0.05) is 53.8 Å². The minimum absolute atomic E-state index is 0.271. The Morgan fingerprint density at radius 2 is 1.72 bits per heavy atom. The van der Waals surface area contributed by atoms with Crippen LogP contribution in [0.2, 0.25) is 0 Å². The summed E-state index contributed by atoms with van der Waals surface area (Å²) in [6.45, 7) is 0. The van der Waals surface area contributed by atoms with Crippen molar-refractivity contribution in [1.29, 1.82) is 5.26 Å². The van der Waals surface area contributed by atoms with Gasteiger partial charge in [0, 0.05) is 5.56 Å². The number of rotatable bonds is 3. The van der Waals surface area contributed by atoms with Crippen LogP contribution in [0.3, 0.4) is 0 Å². The first-order valence-electron chi connectivity index (χ1n) is 7.24. The topological polar surface area (TPSA) is 65.4 Å². The van der Waals surface area contributed by atoms with Crippen molar-refractivity contribution in [3.63, 3.8) is 0 Å². The molecule has 124 valence electrons. The molecule has 2 aromatic carbocycles. The molecule has 1 N–H and O–H groups in total. The standard InChI is InChI=1S/C18H11F3N4/c19-18(20,21)15-3-1-2-13(10-15)5-4-12-6-8-14(9-7-12)17-16(11-22)23-25-24-17/h1-10H,(H,23,24,25)/b5-4+. The lowest BCUT2D eigenvalue weighted by Gasteiger charge is -2.06. The third-order valence-corrected chi connectivity index (χ3v) is 3.53. The molecule has 0 radical (unpaired) electrons. The van der Waals surface area contributed by atoms with Crippen molar-refractivity contribution < 1.29 is 13.2 Å². The average molecular weight is 340 g/mol. The van der Waals surface area contributed by atoms with Crippen molar-refractivity contribution in [2.45, 2.75) is 6.18 Å². The summed E-state index contributed by atoms with van der Waals surface area (Å²) >= 11 is 0. The van der Waals surface area contributed by atoms with Gasteiger partial charge in [0.05, 0.1) is 5.56 Å². The van der Waals surface area contributed by atoms with Gasteiger partial charge in [-0.15, -0.1) is 5.10 Å². The summed E-state index contributed by atoms with van der Waals surface area (Å²) in [6, 6.07) is 14.2. The Labute approximate surface area is 141 Å². The fourth-order valence-electron chi connectivity index (χ4n) is 2.27. The highest BCUT2D eigenvalue weighted by Gasteiger charge is 2.30. The van der Waals surface area contributed by atoms with E-state index in [4.69, 9.17) is 5.26 Å². The molecule has 1 aromatic heterocycles. The summed E-state index contributed by atoms with van der Waals surface area (Å²) in [6.07, 6.45) is -1.03. The van der Waals surface area contributed by atoms with E-state index in [-0.39, 0.29) is 5.69 Å². The van der Waals surface area contributed by atoms with Gasteiger partial charge in [0.2, 0.25) is 0 Å². The zero-order valence-electron chi connectivity index (χ0n) is 12.7. The van der Waals surface area contributed by atoms with Crippen molar-refractivity contribution in [2.24, 2.45) is 0 Å². The van der Waals surface area contributed by atoms with E-state index in [2.05, 4.69) is 15.4 Å². The molecule has 0 saturated carbocycles. The van der Waals surface area contributed by atoms with E-state index < -0.39 is 11.7 Å². The van der Waals surface area contributed by atoms with Crippen LogP contribution >= 0.6 is 0 Å². The van der Waals surface area contributed by atoms with Crippen LogP contribution < -0.4 is 0 Å². The Kier molecular flexibility index (Phi) is 4.35. The SMILES string of the molecule is N#Cc1[nH]nnc1-c1ccc(/C=C/c2cccc(C(F)(F)F)c2)cc1. The smallest absolute Gasteiger partial charge is 0.247 e. The number of nitriles is 1. The number of alkyl halides is 3. The van der Waals surface area contributed by atoms with E-state index in [1.165, 1.54) is 6.07 Å². The van der Waals surface area contributed by atoms with Gasteiger partial charge in [-0.25, -0.2) is 5.10 Å². The van der Waals surface area contributed by atoms with Gasteiger partial charge in [-0.05, 0) is 23.3 Å². The maximum Gasteiger partial charge on any atom is 0.416 e. The van der Waals surface area contributed by atoms with Crippen molar-refractivity contribution in [3.8, 4) is 17.3 Å². The van der Waals surface area contributed by atoms with Crippen LogP contribution in [-0.2, 0) is 6.18 Å². The van der Waals surface area contributed by atoms with Crippen LogP contribution in [0.1, 0.15) is 22.4 Å². The maximum absolute atomic E-state index is 12.7. The number of H-pyrrole nitrogens is 1. The fraction of sp³-hybridized carbons (Fsp3) is 0.0556. The molecule has 0 amide bonds. The van der Waals surface area contributed by atoms with Crippen LogP contribution in [0.4, 0.5) is 13.2 Å². The lowest BCUT2D eigenvalue weighted by Crippen LogP contribution is -2.04. The van der Waals surface area contributed by atoms with Gasteiger partial charge < -0.3 is 0 Å². The molecule has 0 spiro atoms.